The molecule has 102 valence electrons. The third-order valence-corrected chi connectivity index (χ3v) is 3.78. The molecular formula is C15H20N2O2. The number of nitriles is 1. The van der Waals surface area contributed by atoms with Crippen LogP contribution in [0.25, 0.3) is 0 Å². The highest BCUT2D eigenvalue weighted by Gasteiger charge is 2.36. The van der Waals surface area contributed by atoms with Crippen LogP contribution < -0.4 is 10.1 Å². The number of aliphatic hydroxyl groups is 1. The molecule has 1 aromatic carbocycles. The number of hydrogen-bond acceptors (Lipinski definition) is 4. The summed E-state index contributed by atoms with van der Waals surface area (Å²) in [6.45, 7) is 0.0144. The minimum absolute atomic E-state index is 0.0144. The predicted molar refractivity (Wildman–Crippen MR) is 72.7 cm³/mol. The molecule has 1 saturated carbocycles. The van der Waals surface area contributed by atoms with E-state index in [1.807, 2.05) is 31.3 Å². The van der Waals surface area contributed by atoms with E-state index < -0.39 is 5.54 Å². The lowest BCUT2D eigenvalue weighted by Gasteiger charge is -2.35. The van der Waals surface area contributed by atoms with Crippen molar-refractivity contribution >= 4 is 0 Å². The lowest BCUT2D eigenvalue weighted by Crippen LogP contribution is -2.48. The molecule has 2 unspecified atom stereocenters. The Balaban J connectivity index is 2.04. The van der Waals surface area contributed by atoms with Crippen LogP contribution in [0.2, 0.25) is 0 Å². The van der Waals surface area contributed by atoms with E-state index >= 15 is 0 Å². The van der Waals surface area contributed by atoms with Crippen LogP contribution >= 0.6 is 0 Å². The number of nitrogens with zero attached hydrogens (tertiary/aromatic N) is 1. The minimum Gasteiger partial charge on any atom is -0.490 e. The number of nitrogens with one attached hydrogen (secondary N) is 1. The predicted octanol–water partition coefficient (Wildman–Crippen LogP) is 1.98. The number of hydrogen-bond donors (Lipinski definition) is 2. The van der Waals surface area contributed by atoms with Gasteiger partial charge >= 0.3 is 0 Å². The van der Waals surface area contributed by atoms with Crippen molar-refractivity contribution in [1.82, 2.24) is 5.32 Å². The highest BCUT2D eigenvalue weighted by molar-refractivity contribution is 5.28. The van der Waals surface area contributed by atoms with Crippen LogP contribution in [0.5, 0.6) is 5.75 Å². The van der Waals surface area contributed by atoms with Crippen molar-refractivity contribution in [2.75, 3.05) is 7.05 Å². The van der Waals surface area contributed by atoms with Crippen molar-refractivity contribution in [3.63, 3.8) is 0 Å². The summed E-state index contributed by atoms with van der Waals surface area (Å²) >= 11 is 0. The normalized spacial score (nSPS) is 26.7. The van der Waals surface area contributed by atoms with Gasteiger partial charge in [-0.2, -0.15) is 5.26 Å². The average molecular weight is 260 g/mol. The largest absolute Gasteiger partial charge is 0.490 e. The first-order valence-corrected chi connectivity index (χ1v) is 6.68. The maximum atomic E-state index is 9.31. The van der Waals surface area contributed by atoms with Crippen LogP contribution in [0.3, 0.4) is 0 Å². The standard InChI is InChI=1S/C15H20N2O2/c1-17-15(11-16)7-3-6-14(9-15)19-13-5-2-4-12(8-13)10-18/h2,4-5,8,14,17-18H,3,6-7,9-10H2,1H3. The summed E-state index contributed by atoms with van der Waals surface area (Å²) in [7, 11) is 1.83. The van der Waals surface area contributed by atoms with Crippen molar-refractivity contribution in [3.8, 4) is 11.8 Å². The molecule has 0 saturated heterocycles. The van der Waals surface area contributed by atoms with Crippen LogP contribution in [0, 0.1) is 11.3 Å². The van der Waals surface area contributed by atoms with Crippen LogP contribution in [-0.2, 0) is 6.61 Å². The Bertz CT molecular complexity index is 469. The summed E-state index contributed by atoms with van der Waals surface area (Å²) < 4.78 is 5.95. The first kappa shape index (κ1) is 13.9. The second-order valence-electron chi connectivity index (χ2n) is 5.09. The van der Waals surface area contributed by atoms with E-state index in [1.54, 1.807) is 0 Å². The molecule has 2 rings (SSSR count). The summed E-state index contributed by atoms with van der Waals surface area (Å²) in [5.74, 6) is 0.765. The second-order valence-corrected chi connectivity index (χ2v) is 5.09. The van der Waals surface area contributed by atoms with Gasteiger partial charge in [-0.25, -0.2) is 0 Å². The maximum absolute atomic E-state index is 9.31. The van der Waals surface area contributed by atoms with Crippen molar-refractivity contribution in [3.05, 3.63) is 29.8 Å². The molecule has 1 fully saturated rings. The summed E-state index contributed by atoms with van der Waals surface area (Å²) in [6.07, 6.45) is 3.57. The third-order valence-electron chi connectivity index (χ3n) is 3.78. The number of benzene rings is 1. The van der Waals surface area contributed by atoms with E-state index in [2.05, 4.69) is 11.4 Å². The number of aliphatic hydroxyl groups excluding tert-OH is 1. The molecule has 0 heterocycles. The van der Waals surface area contributed by atoms with Crippen molar-refractivity contribution < 1.29 is 9.84 Å². The summed E-state index contributed by atoms with van der Waals surface area (Å²) in [6, 6.07) is 9.85. The zero-order valence-corrected chi connectivity index (χ0v) is 11.2. The van der Waals surface area contributed by atoms with Crippen LogP contribution in [-0.4, -0.2) is 23.8 Å². The molecular weight excluding hydrogens is 240 g/mol. The molecule has 0 aliphatic heterocycles. The molecule has 0 aromatic heterocycles. The van der Waals surface area contributed by atoms with Gasteiger partial charge in [0.1, 0.15) is 17.4 Å². The van der Waals surface area contributed by atoms with Gasteiger partial charge in [0.15, 0.2) is 0 Å². The first-order chi connectivity index (χ1) is 9.21. The van der Waals surface area contributed by atoms with Crippen molar-refractivity contribution in [2.24, 2.45) is 0 Å². The first-order valence-electron chi connectivity index (χ1n) is 6.68. The second kappa shape index (κ2) is 6.05. The van der Waals surface area contributed by atoms with E-state index in [-0.39, 0.29) is 12.7 Å². The Morgan fingerprint density at radius 2 is 2.42 bits per heavy atom. The summed E-state index contributed by atoms with van der Waals surface area (Å²) in [5.41, 5.74) is 0.380. The Morgan fingerprint density at radius 1 is 1.58 bits per heavy atom. The van der Waals surface area contributed by atoms with E-state index in [4.69, 9.17) is 9.84 Å². The van der Waals surface area contributed by atoms with Gasteiger partial charge in [0.25, 0.3) is 0 Å². The fourth-order valence-corrected chi connectivity index (χ4v) is 2.62. The molecule has 1 aliphatic carbocycles. The SMILES string of the molecule is CNC1(C#N)CCCC(Oc2cccc(CO)c2)C1. The van der Waals surface area contributed by atoms with E-state index in [0.717, 1.165) is 30.6 Å². The van der Waals surface area contributed by atoms with Crippen LogP contribution in [0.1, 0.15) is 31.2 Å². The zero-order chi connectivity index (χ0) is 13.7. The smallest absolute Gasteiger partial charge is 0.120 e. The van der Waals surface area contributed by atoms with Gasteiger partial charge < -0.3 is 15.2 Å². The fraction of sp³-hybridized carbons (Fsp3) is 0.533. The van der Waals surface area contributed by atoms with Crippen molar-refractivity contribution in [2.45, 2.75) is 43.9 Å². The monoisotopic (exact) mass is 260 g/mol. The molecule has 2 atom stereocenters. The molecule has 1 aliphatic rings. The highest BCUT2D eigenvalue weighted by Crippen LogP contribution is 2.30. The Labute approximate surface area is 114 Å². The third kappa shape index (κ3) is 3.25. The van der Waals surface area contributed by atoms with E-state index in [1.165, 1.54) is 0 Å². The van der Waals surface area contributed by atoms with Crippen LogP contribution in [0.4, 0.5) is 0 Å². The molecule has 0 radical (unpaired) electrons. The molecule has 19 heavy (non-hydrogen) atoms. The Hall–Kier alpha value is -1.57. The molecule has 4 heteroatoms. The molecule has 2 N–H and O–H groups in total. The maximum Gasteiger partial charge on any atom is 0.120 e. The highest BCUT2D eigenvalue weighted by atomic mass is 16.5. The van der Waals surface area contributed by atoms with Gasteiger partial charge in [0.2, 0.25) is 0 Å². The average Bonchev–Trinajstić information content (AvgIpc) is 2.47. The molecule has 0 amide bonds. The molecule has 4 nitrogen and oxygen atoms in total. The zero-order valence-electron chi connectivity index (χ0n) is 11.2. The summed E-state index contributed by atoms with van der Waals surface area (Å²) in [4.78, 5) is 0. The number of ether oxygens (including phenoxy) is 1. The Morgan fingerprint density at radius 3 is 3.11 bits per heavy atom. The van der Waals surface area contributed by atoms with Gasteiger partial charge in [-0.1, -0.05) is 12.1 Å². The molecule has 1 aromatic rings. The van der Waals surface area contributed by atoms with E-state index in [9.17, 15) is 5.26 Å². The van der Waals surface area contributed by atoms with E-state index in [0.29, 0.717) is 6.42 Å². The fourth-order valence-electron chi connectivity index (χ4n) is 2.62. The topological polar surface area (TPSA) is 65.3 Å². The molecule has 0 spiro atoms. The number of rotatable bonds is 4. The van der Waals surface area contributed by atoms with Gasteiger partial charge in [-0.3, -0.25) is 0 Å². The van der Waals surface area contributed by atoms with Crippen LogP contribution in [0.15, 0.2) is 24.3 Å². The summed E-state index contributed by atoms with van der Waals surface area (Å²) in [5, 5.41) is 21.5. The quantitative estimate of drug-likeness (QED) is 0.869. The lowest BCUT2D eigenvalue weighted by molar-refractivity contribution is 0.115. The Kier molecular flexibility index (Phi) is 4.41. The van der Waals surface area contributed by atoms with Crippen molar-refractivity contribution in [1.29, 1.82) is 5.26 Å². The van der Waals surface area contributed by atoms with Gasteiger partial charge in [-0.15, -0.1) is 0 Å². The van der Waals surface area contributed by atoms with Gasteiger partial charge in [0, 0.05) is 6.42 Å². The minimum atomic E-state index is -0.461. The van der Waals surface area contributed by atoms with Gasteiger partial charge in [-0.05, 0) is 44.0 Å². The molecule has 0 bridgehead atoms. The lowest BCUT2D eigenvalue weighted by atomic mass is 9.81. The van der Waals surface area contributed by atoms with Gasteiger partial charge in [0.05, 0.1) is 12.7 Å².